The number of ether oxygens (including phenoxy) is 1. The van der Waals surface area contributed by atoms with Crippen molar-refractivity contribution < 1.29 is 55.7 Å². The molecule has 0 spiro atoms. The number of carbonyl (C=O) groups is 4. The van der Waals surface area contributed by atoms with Crippen molar-refractivity contribution >= 4 is 143 Å². The number of nitrogens with zero attached hydrogens (tertiary/aromatic N) is 5. The van der Waals surface area contributed by atoms with E-state index >= 15 is 0 Å². The van der Waals surface area contributed by atoms with Crippen LogP contribution < -0.4 is 30.7 Å². The molecule has 0 saturated carbocycles. The fourth-order valence-corrected chi connectivity index (χ4v) is 19.7. The molecule has 0 aliphatic rings. The Morgan fingerprint density at radius 3 is 1.59 bits per heavy atom. The fraction of sp³-hybridized carbons (Fsp3) is 0.299. The van der Waals surface area contributed by atoms with Crippen molar-refractivity contribution in [1.29, 1.82) is 10.5 Å². The molecule has 0 atom stereocenters. The number of hydrogen-bond donors (Lipinski definition) is 7. The first kappa shape index (κ1) is 113. The Kier molecular flexibility index (Phi) is 46.2. The van der Waals surface area contributed by atoms with Crippen molar-refractivity contribution in [3.63, 3.8) is 0 Å². The number of rotatable bonds is 33. The molecule has 7 N–H and O–H groups in total. The van der Waals surface area contributed by atoms with Gasteiger partial charge in [0.25, 0.3) is 27.7 Å². The highest BCUT2D eigenvalue weighted by Crippen LogP contribution is 2.38. The molecule has 2 aromatic heterocycles. The van der Waals surface area contributed by atoms with E-state index in [1.807, 2.05) is 179 Å². The van der Waals surface area contributed by atoms with E-state index in [2.05, 4.69) is 75.1 Å². The summed E-state index contributed by atoms with van der Waals surface area (Å²) in [6.07, 6.45) is 4.93. The molecule has 3 amide bonds. The van der Waals surface area contributed by atoms with E-state index < -0.39 is 27.7 Å². The number of halogens is 6. The van der Waals surface area contributed by atoms with Crippen molar-refractivity contribution in [2.45, 2.75) is 167 Å². The normalized spacial score (nSPS) is 10.9. The third-order valence-corrected chi connectivity index (χ3v) is 28.2. The van der Waals surface area contributed by atoms with Crippen molar-refractivity contribution in [2.75, 3.05) is 91.6 Å². The molecule has 0 unspecified atom stereocenters. The molecule has 12 aromatic rings. The zero-order valence-electron chi connectivity index (χ0n) is 80.3. The number of pyridine rings is 1. The van der Waals surface area contributed by atoms with E-state index in [4.69, 9.17) is 50.1 Å². The number of alkyl halides is 3. The third kappa shape index (κ3) is 35.1. The van der Waals surface area contributed by atoms with Gasteiger partial charge >= 0.3 is 6.18 Å². The Morgan fingerprint density at radius 2 is 1.04 bits per heavy atom. The number of thiophene rings is 1. The maximum absolute atomic E-state index is 13.1. The summed E-state index contributed by atoms with van der Waals surface area (Å²) in [5.41, 5.74) is 17.0. The molecule has 12 rings (SSSR count). The van der Waals surface area contributed by atoms with E-state index in [1.165, 1.54) is 53.9 Å². The molecule has 0 fully saturated rings. The Balaban J connectivity index is 0.000000225. The molecule has 30 heteroatoms. The number of aryl methyl sites for hydroxylation is 11. The van der Waals surface area contributed by atoms with Crippen LogP contribution in [0.25, 0.3) is 0 Å². The maximum atomic E-state index is 13.1. The number of aliphatic hydroxyl groups excluding tert-OH is 1. The number of aromatic hydroxyl groups is 1. The third-order valence-electron chi connectivity index (χ3n) is 21.4. The summed E-state index contributed by atoms with van der Waals surface area (Å²) < 4.78 is 73.7. The number of nitriles is 2. The number of phenols is 1. The second kappa shape index (κ2) is 56.0. The molecular formula is C107H120Cl3F3N10O9S5. The lowest BCUT2D eigenvalue weighted by atomic mass is 9.97. The number of benzene rings is 10. The standard InChI is InChI=1S/C21H26ClNO2S.C20H22N2O.C19H21F3N2OS.C18H23ClN2O3S2.C15H16ClNO.C14H12N2OS/c1-5-25-20-7-6-8-21(26-12-11-23(3)4)17(20)14-19(24)16-9-10-18(22)15(2)13-16;1-4-5-8-16-9-6-7-14(2)19(16)20(23)22-18-11-10-17(13-21)15(3)12-18;1-4-5-6-15-17(16(26-3)9-10-23-15)18(25)24-13-8-7-12(2)14(11-13)19(20,21)22;1-13-11-15(7-8-16(13)19)20-26(23,24)18-14(12-22)5-4-6-17(18)25-10-9-21(2)3;1-10-4-3-5-15(18)13(10)9-17-12-6-7-14(16)11(2)8-12;1-9-5-6-18-13(9)14(17)16-12-4-3-11(8-15)10(2)7-12/h6-10,13H,5,11-12,14H2,1-4H3;6-7,9-12H,4-5,8H2,1-3H3,(H,22,23);7-11H,4-6H2,1-3H3,(H,24,25);4-8,11,20,22H,9-10,12H2,1-3H3;3-8,17-18H,9H2,1-2H3;3-7H,1-2H3,(H,16,17). The van der Waals surface area contributed by atoms with E-state index in [-0.39, 0.29) is 40.4 Å². The quantitative estimate of drug-likeness (QED) is 0.0149. The van der Waals surface area contributed by atoms with Crippen LogP contribution in [0, 0.1) is 85.0 Å². The summed E-state index contributed by atoms with van der Waals surface area (Å²) in [6, 6.07) is 61.2. The largest absolute Gasteiger partial charge is 0.508 e. The van der Waals surface area contributed by atoms with Crippen LogP contribution in [0.3, 0.4) is 0 Å². The molecule has 0 radical (unpaired) electrons. The zero-order valence-corrected chi connectivity index (χ0v) is 86.7. The van der Waals surface area contributed by atoms with Gasteiger partial charge in [-0.3, -0.25) is 28.9 Å². The van der Waals surface area contributed by atoms with E-state index in [0.717, 1.165) is 166 Å². The Labute approximate surface area is 837 Å². The molecule has 0 saturated heterocycles. The minimum Gasteiger partial charge on any atom is -0.508 e. The smallest absolute Gasteiger partial charge is 0.416 e. The molecule has 10 aromatic carbocycles. The maximum Gasteiger partial charge on any atom is 0.416 e. The predicted molar refractivity (Wildman–Crippen MR) is 561 cm³/mol. The van der Waals surface area contributed by atoms with Gasteiger partial charge in [-0.2, -0.15) is 23.7 Å². The van der Waals surface area contributed by atoms with E-state index in [1.54, 1.807) is 109 Å². The van der Waals surface area contributed by atoms with Crippen LogP contribution >= 0.6 is 81.4 Å². The lowest BCUT2D eigenvalue weighted by Crippen LogP contribution is -2.17. The molecule has 19 nitrogen and oxygen atoms in total. The fourth-order valence-electron chi connectivity index (χ4n) is 13.8. The van der Waals surface area contributed by atoms with Crippen molar-refractivity contribution in [3.05, 3.63) is 337 Å². The average Bonchev–Trinajstić information content (AvgIpc) is 1.14. The van der Waals surface area contributed by atoms with Crippen LogP contribution in [0.4, 0.5) is 41.6 Å². The van der Waals surface area contributed by atoms with Gasteiger partial charge in [-0.25, -0.2) is 8.42 Å². The van der Waals surface area contributed by atoms with Crippen LogP contribution in [-0.2, 0) is 48.6 Å². The lowest BCUT2D eigenvalue weighted by Gasteiger charge is -2.16. The number of sulfonamides is 1. The van der Waals surface area contributed by atoms with Crippen LogP contribution in [0.2, 0.25) is 15.1 Å². The molecule has 0 aliphatic carbocycles. The van der Waals surface area contributed by atoms with Gasteiger partial charge in [-0.05, 0) is 335 Å². The van der Waals surface area contributed by atoms with Gasteiger partial charge in [0.15, 0.2) is 5.78 Å². The first-order valence-corrected chi connectivity index (χ1v) is 51.0. The number of amides is 3. The van der Waals surface area contributed by atoms with Crippen LogP contribution in [0.15, 0.2) is 225 Å². The van der Waals surface area contributed by atoms with Crippen molar-refractivity contribution in [3.8, 4) is 23.6 Å². The van der Waals surface area contributed by atoms with Crippen LogP contribution in [-0.4, -0.2) is 123 Å². The summed E-state index contributed by atoms with van der Waals surface area (Å²) >= 11 is 24.1. The summed E-state index contributed by atoms with van der Waals surface area (Å²) in [7, 11) is 4.20. The molecular weight excluding hydrogens is 1890 g/mol. The average molecular weight is 2010 g/mol. The topological polar surface area (TPSA) is 279 Å². The summed E-state index contributed by atoms with van der Waals surface area (Å²) in [5, 5.41) is 52.9. The number of anilines is 5. The van der Waals surface area contributed by atoms with E-state index in [9.17, 15) is 51.0 Å². The first-order chi connectivity index (χ1) is 65.2. The monoisotopic (exact) mass is 2010 g/mol. The molecule has 724 valence electrons. The van der Waals surface area contributed by atoms with Crippen LogP contribution in [0.5, 0.6) is 11.5 Å². The number of Topliss-reactive ketones (excluding diaryl/α,β-unsaturated/α-hetero) is 1. The van der Waals surface area contributed by atoms with Gasteiger partial charge in [0.1, 0.15) is 16.4 Å². The number of hydrogen-bond acceptors (Lipinski definition) is 19. The number of phenolic OH excluding ortho intramolecular Hbond substituents is 1. The number of thioether (sulfide) groups is 3. The molecule has 137 heavy (non-hydrogen) atoms. The predicted octanol–water partition coefficient (Wildman–Crippen LogP) is 27.0. The number of nitrogens with one attached hydrogen (secondary N) is 5. The minimum atomic E-state index is -4.46. The van der Waals surface area contributed by atoms with Gasteiger partial charge < -0.3 is 46.0 Å². The summed E-state index contributed by atoms with van der Waals surface area (Å²) in [4.78, 5) is 62.2. The molecule has 0 bridgehead atoms. The minimum absolute atomic E-state index is 0.0754. The van der Waals surface area contributed by atoms with Gasteiger partial charge in [0, 0.05) is 124 Å². The van der Waals surface area contributed by atoms with Gasteiger partial charge in [0.05, 0.1) is 58.2 Å². The summed E-state index contributed by atoms with van der Waals surface area (Å²) in [5.74, 6) is 2.27. The second-order valence-corrected chi connectivity index (χ2v) is 39.5. The first-order valence-electron chi connectivity index (χ1n) is 44.4. The van der Waals surface area contributed by atoms with Crippen LogP contribution in [0.1, 0.15) is 182 Å². The van der Waals surface area contributed by atoms with Crippen molar-refractivity contribution in [2.24, 2.45) is 0 Å². The number of unbranched alkanes of at least 4 members (excludes halogenated alkanes) is 2. The lowest BCUT2D eigenvalue weighted by molar-refractivity contribution is -0.138. The van der Waals surface area contributed by atoms with Gasteiger partial charge in [-0.15, -0.1) is 46.6 Å². The highest BCUT2D eigenvalue weighted by Gasteiger charge is 2.33. The highest BCUT2D eigenvalue weighted by molar-refractivity contribution is 8.00. The molecule has 2 heterocycles. The Bertz CT molecular complexity index is 6320. The number of aliphatic hydroxyl groups is 1. The van der Waals surface area contributed by atoms with Gasteiger partial charge in [0.2, 0.25) is 0 Å². The van der Waals surface area contributed by atoms with E-state index in [0.29, 0.717) is 91.6 Å². The summed E-state index contributed by atoms with van der Waals surface area (Å²) in [6.45, 7) is 25.4. The van der Waals surface area contributed by atoms with Gasteiger partial charge in [-0.1, -0.05) is 116 Å². The Hall–Kier alpha value is -11.2. The second-order valence-electron chi connectivity index (χ2n) is 32.7. The molecule has 0 aliphatic heterocycles. The van der Waals surface area contributed by atoms with Crippen molar-refractivity contribution in [1.82, 2.24) is 14.8 Å². The number of ketones is 1. The SMILES string of the molecule is CCCCc1cccc(C)c1C(=O)Nc1ccc(C#N)c(C)c1.CCCCc1nccc(SC)c1C(=O)Nc1ccc(C)c(C(F)(F)F)c1.CCOc1cccc(SCCN(C)C)c1CC(=O)c1ccc(Cl)c(C)c1.Cc1cc(NC(=O)c2sccc2C)ccc1C#N.Cc1cc(NCc2c(C)cccc2O)ccc1Cl.Cc1cc(NS(=O)(=O)c2c(CO)cccc2SCCN(C)C)ccc1Cl. The highest BCUT2D eigenvalue weighted by atomic mass is 35.5. The number of aromatic nitrogens is 1. The zero-order chi connectivity index (χ0) is 101. The Morgan fingerprint density at radius 1 is 0.533 bits per heavy atom. The number of carbonyl (C=O) groups excluding carboxylic acids is 4.